The molecule has 0 aliphatic carbocycles. The van der Waals surface area contributed by atoms with Crippen LogP contribution in [0.2, 0.25) is 0 Å². The Morgan fingerprint density at radius 2 is 1.58 bits per heavy atom. The second-order valence-corrected chi connectivity index (χ2v) is 6.72. The summed E-state index contributed by atoms with van der Waals surface area (Å²) in [6, 6.07) is 14.8. The summed E-state index contributed by atoms with van der Waals surface area (Å²) in [7, 11) is 0. The molecule has 0 atom stereocenters. The van der Waals surface area contributed by atoms with E-state index >= 15 is 0 Å². The maximum atomic E-state index is 12.4. The highest BCUT2D eigenvalue weighted by atomic mass is 79.9. The molecule has 1 saturated heterocycles. The molecule has 1 aliphatic rings. The fourth-order valence-corrected chi connectivity index (χ4v) is 2.73. The number of hydrogen-bond acceptors (Lipinski definition) is 4. The second-order valence-electron chi connectivity index (χ2n) is 5.80. The van der Waals surface area contributed by atoms with E-state index in [9.17, 15) is 4.79 Å². The average molecular weight is 391 g/mol. The Balaban J connectivity index is 1.62. The molecule has 2 aromatic rings. The summed E-state index contributed by atoms with van der Waals surface area (Å²) in [4.78, 5) is 12.4. The van der Waals surface area contributed by atoms with Gasteiger partial charge in [-0.25, -0.2) is 0 Å². The molecule has 0 aromatic heterocycles. The highest BCUT2D eigenvalue weighted by molar-refractivity contribution is 9.10. The van der Waals surface area contributed by atoms with Crippen molar-refractivity contribution in [1.29, 1.82) is 0 Å². The van der Waals surface area contributed by atoms with Crippen molar-refractivity contribution in [2.24, 2.45) is 5.73 Å². The topological polar surface area (TPSA) is 73.6 Å². The van der Waals surface area contributed by atoms with Gasteiger partial charge in [-0.1, -0.05) is 15.9 Å². The van der Waals surface area contributed by atoms with E-state index in [1.165, 1.54) is 0 Å². The van der Waals surface area contributed by atoms with Crippen LogP contribution in [0.5, 0.6) is 11.5 Å². The Labute approximate surface area is 149 Å². The molecule has 0 radical (unpaired) electrons. The molecule has 1 aliphatic heterocycles. The third-order valence-corrected chi connectivity index (χ3v) is 4.53. The Bertz CT molecular complexity index is 695. The summed E-state index contributed by atoms with van der Waals surface area (Å²) in [6.45, 7) is 1.04. The number of ether oxygens (including phenoxy) is 2. The molecule has 1 amide bonds. The lowest BCUT2D eigenvalue weighted by Crippen LogP contribution is -2.54. The molecular weight excluding hydrogens is 372 g/mol. The predicted octanol–water partition coefficient (Wildman–Crippen LogP) is 3.69. The fraction of sp³-hybridized carbons (Fsp3) is 0.278. The molecule has 0 bridgehead atoms. The molecule has 6 heteroatoms. The lowest BCUT2D eigenvalue weighted by atomic mass is 9.90. The number of halogens is 1. The molecular formula is C18H19BrN2O3. The van der Waals surface area contributed by atoms with Crippen LogP contribution in [0, 0.1) is 0 Å². The van der Waals surface area contributed by atoms with Crippen LogP contribution in [-0.4, -0.2) is 24.7 Å². The van der Waals surface area contributed by atoms with Crippen LogP contribution >= 0.6 is 15.9 Å². The Morgan fingerprint density at radius 1 is 1.04 bits per heavy atom. The van der Waals surface area contributed by atoms with Crippen LogP contribution in [-0.2, 0) is 9.53 Å². The van der Waals surface area contributed by atoms with Crippen LogP contribution in [0.25, 0.3) is 0 Å². The van der Waals surface area contributed by atoms with Crippen LogP contribution < -0.4 is 15.8 Å². The number of anilines is 1. The highest BCUT2D eigenvalue weighted by Gasteiger charge is 2.35. The second kappa shape index (κ2) is 7.34. The number of hydrogen-bond donors (Lipinski definition) is 2. The smallest absolute Gasteiger partial charge is 0.244 e. The van der Waals surface area contributed by atoms with Crippen LogP contribution in [0.15, 0.2) is 53.0 Å². The van der Waals surface area contributed by atoms with E-state index in [0.29, 0.717) is 37.5 Å². The van der Waals surface area contributed by atoms with Gasteiger partial charge in [0.2, 0.25) is 5.91 Å². The number of carbonyl (C=O) groups excluding carboxylic acids is 1. The van der Waals surface area contributed by atoms with E-state index in [-0.39, 0.29) is 5.91 Å². The van der Waals surface area contributed by atoms with Gasteiger partial charge in [0, 0.05) is 23.4 Å². The Kier molecular flexibility index (Phi) is 5.18. The molecule has 3 N–H and O–H groups in total. The minimum Gasteiger partial charge on any atom is -0.457 e. The van der Waals surface area contributed by atoms with Crippen molar-refractivity contribution in [2.75, 3.05) is 18.5 Å². The summed E-state index contributed by atoms with van der Waals surface area (Å²) in [6.07, 6.45) is 1.06. The molecule has 24 heavy (non-hydrogen) atoms. The number of benzene rings is 2. The van der Waals surface area contributed by atoms with Gasteiger partial charge in [0.15, 0.2) is 0 Å². The van der Waals surface area contributed by atoms with Crippen molar-refractivity contribution >= 4 is 27.5 Å². The SMILES string of the molecule is NC1(C(=O)Nc2ccc(Oc3ccc(Br)cc3)cc2)CCOCC1. The van der Waals surface area contributed by atoms with E-state index in [1.54, 1.807) is 12.1 Å². The predicted molar refractivity (Wildman–Crippen MR) is 96.3 cm³/mol. The quantitative estimate of drug-likeness (QED) is 0.834. The highest BCUT2D eigenvalue weighted by Crippen LogP contribution is 2.25. The average Bonchev–Trinajstić information content (AvgIpc) is 2.59. The van der Waals surface area contributed by atoms with Gasteiger partial charge in [0.05, 0.1) is 0 Å². The van der Waals surface area contributed by atoms with Gasteiger partial charge in [-0.3, -0.25) is 4.79 Å². The van der Waals surface area contributed by atoms with Crippen molar-refractivity contribution in [3.05, 3.63) is 53.0 Å². The minimum atomic E-state index is -0.856. The Hall–Kier alpha value is -1.89. The number of nitrogens with one attached hydrogen (secondary N) is 1. The molecule has 126 valence electrons. The number of amides is 1. The zero-order valence-electron chi connectivity index (χ0n) is 13.1. The first kappa shape index (κ1) is 17.0. The lowest BCUT2D eigenvalue weighted by molar-refractivity contribution is -0.124. The molecule has 0 saturated carbocycles. The minimum absolute atomic E-state index is 0.174. The van der Waals surface area contributed by atoms with Crippen molar-refractivity contribution in [1.82, 2.24) is 0 Å². The van der Waals surface area contributed by atoms with Gasteiger partial charge in [-0.2, -0.15) is 0 Å². The molecule has 1 fully saturated rings. The first-order chi connectivity index (χ1) is 11.5. The third kappa shape index (κ3) is 4.14. The number of carbonyl (C=O) groups is 1. The van der Waals surface area contributed by atoms with E-state index in [0.717, 1.165) is 10.2 Å². The number of rotatable bonds is 4. The van der Waals surface area contributed by atoms with Gasteiger partial charge >= 0.3 is 0 Å². The van der Waals surface area contributed by atoms with Crippen molar-refractivity contribution in [3.8, 4) is 11.5 Å². The molecule has 0 unspecified atom stereocenters. The standard InChI is InChI=1S/C18H19BrN2O3/c19-13-1-5-15(6-2-13)24-16-7-3-14(4-8-16)21-17(22)18(20)9-11-23-12-10-18/h1-8H,9-12,20H2,(H,21,22). The molecule has 5 nitrogen and oxygen atoms in total. The van der Waals surface area contributed by atoms with Gasteiger partial charge in [-0.05, 0) is 61.4 Å². The monoisotopic (exact) mass is 390 g/mol. The normalized spacial score (nSPS) is 16.4. The summed E-state index contributed by atoms with van der Waals surface area (Å²) in [5.74, 6) is 1.27. The first-order valence-electron chi connectivity index (χ1n) is 7.77. The summed E-state index contributed by atoms with van der Waals surface area (Å²) >= 11 is 3.39. The summed E-state index contributed by atoms with van der Waals surface area (Å²) < 4.78 is 12.0. The van der Waals surface area contributed by atoms with E-state index in [2.05, 4.69) is 21.2 Å². The Morgan fingerprint density at radius 3 is 2.17 bits per heavy atom. The van der Waals surface area contributed by atoms with Gasteiger partial charge in [-0.15, -0.1) is 0 Å². The zero-order chi connectivity index (χ0) is 17.0. The maximum Gasteiger partial charge on any atom is 0.244 e. The van der Waals surface area contributed by atoms with Crippen molar-refractivity contribution in [2.45, 2.75) is 18.4 Å². The van der Waals surface area contributed by atoms with Crippen LogP contribution in [0.4, 0.5) is 5.69 Å². The lowest BCUT2D eigenvalue weighted by Gasteiger charge is -2.31. The van der Waals surface area contributed by atoms with Crippen molar-refractivity contribution < 1.29 is 14.3 Å². The van der Waals surface area contributed by atoms with E-state index in [4.69, 9.17) is 15.2 Å². The van der Waals surface area contributed by atoms with Crippen LogP contribution in [0.1, 0.15) is 12.8 Å². The summed E-state index contributed by atoms with van der Waals surface area (Å²) in [5.41, 5.74) is 6.01. The van der Waals surface area contributed by atoms with Gasteiger partial charge in [0.1, 0.15) is 17.0 Å². The summed E-state index contributed by atoms with van der Waals surface area (Å²) in [5, 5.41) is 2.87. The van der Waals surface area contributed by atoms with E-state index in [1.807, 2.05) is 36.4 Å². The van der Waals surface area contributed by atoms with Crippen LogP contribution in [0.3, 0.4) is 0 Å². The number of nitrogens with two attached hydrogens (primary N) is 1. The molecule has 1 heterocycles. The molecule has 2 aromatic carbocycles. The largest absolute Gasteiger partial charge is 0.457 e. The zero-order valence-corrected chi connectivity index (χ0v) is 14.7. The van der Waals surface area contributed by atoms with E-state index < -0.39 is 5.54 Å². The molecule has 0 spiro atoms. The molecule has 3 rings (SSSR count). The fourth-order valence-electron chi connectivity index (χ4n) is 2.46. The van der Waals surface area contributed by atoms with Gasteiger partial charge < -0.3 is 20.5 Å². The third-order valence-electron chi connectivity index (χ3n) is 4.00. The van der Waals surface area contributed by atoms with Crippen molar-refractivity contribution in [3.63, 3.8) is 0 Å². The first-order valence-corrected chi connectivity index (χ1v) is 8.56. The maximum absolute atomic E-state index is 12.4. The van der Waals surface area contributed by atoms with Gasteiger partial charge in [0.25, 0.3) is 0 Å².